The molecule has 8 nitrogen and oxygen atoms in total. The maximum Gasteiger partial charge on any atom is 0.251 e. The fourth-order valence-corrected chi connectivity index (χ4v) is 2.18. The van der Waals surface area contributed by atoms with E-state index in [0.717, 1.165) is 16.9 Å². The van der Waals surface area contributed by atoms with E-state index in [-0.39, 0.29) is 5.91 Å². The lowest BCUT2D eigenvalue weighted by atomic mass is 10.2. The molecule has 3 aromatic rings. The molecule has 2 heterocycles. The van der Waals surface area contributed by atoms with Crippen LogP contribution in [0.1, 0.15) is 21.7 Å². The van der Waals surface area contributed by atoms with Crippen molar-refractivity contribution in [3.05, 3.63) is 41.2 Å². The van der Waals surface area contributed by atoms with Crippen LogP contribution in [-0.4, -0.2) is 38.2 Å². The average molecular weight is 300 g/mol. The second-order valence-electron chi connectivity index (χ2n) is 4.92. The van der Waals surface area contributed by atoms with Crippen LogP contribution >= 0.6 is 0 Å². The Balaban J connectivity index is 1.67. The molecule has 0 atom stereocenters. The monoisotopic (exact) mass is 300 g/mol. The molecule has 0 unspecified atom stereocenters. The molecule has 0 saturated heterocycles. The minimum atomic E-state index is -0.171. The van der Waals surface area contributed by atoms with Crippen LogP contribution in [0.2, 0.25) is 0 Å². The highest BCUT2D eigenvalue weighted by molar-refractivity contribution is 5.97. The molecule has 2 aromatic heterocycles. The Bertz CT molecular complexity index is 807. The number of rotatable bonds is 5. The number of nitrogens with one attached hydrogen (secondary N) is 2. The van der Waals surface area contributed by atoms with Gasteiger partial charge in [-0.3, -0.25) is 9.89 Å². The number of H-pyrrole nitrogens is 1. The van der Waals surface area contributed by atoms with Crippen LogP contribution < -0.4 is 5.32 Å². The topological polar surface area (TPSA) is 97.7 Å². The number of amides is 1. The average Bonchev–Trinajstić information content (AvgIpc) is 3.12. The summed E-state index contributed by atoms with van der Waals surface area (Å²) in [6.07, 6.45) is 0. The molecule has 1 aromatic carbocycles. The number of benzene rings is 1. The number of carbonyl (C=O) groups excluding carboxylic acids is 1. The lowest BCUT2D eigenvalue weighted by molar-refractivity contribution is 0.0950. The number of ether oxygens (including phenoxy) is 1. The molecular weight excluding hydrogens is 284 g/mol. The van der Waals surface area contributed by atoms with Gasteiger partial charge < -0.3 is 10.1 Å². The van der Waals surface area contributed by atoms with Crippen molar-refractivity contribution < 1.29 is 9.53 Å². The molecule has 8 heteroatoms. The zero-order chi connectivity index (χ0) is 15.5. The summed E-state index contributed by atoms with van der Waals surface area (Å²) < 4.78 is 6.66. The van der Waals surface area contributed by atoms with Crippen molar-refractivity contribution in [1.82, 2.24) is 30.5 Å². The van der Waals surface area contributed by atoms with Crippen LogP contribution in [0.15, 0.2) is 24.3 Å². The first-order valence-corrected chi connectivity index (χ1v) is 6.77. The Morgan fingerprint density at radius 2 is 2.27 bits per heavy atom. The second kappa shape index (κ2) is 5.94. The number of hydrogen-bond donors (Lipinski definition) is 2. The first kappa shape index (κ1) is 14.2. The molecule has 0 fully saturated rings. The van der Waals surface area contributed by atoms with E-state index in [4.69, 9.17) is 4.74 Å². The number of nitrogens with zero attached hydrogens (tertiary/aromatic N) is 4. The zero-order valence-electron chi connectivity index (χ0n) is 12.3. The number of hydrogen-bond acceptors (Lipinski definition) is 5. The first-order valence-electron chi connectivity index (χ1n) is 6.77. The van der Waals surface area contributed by atoms with Crippen LogP contribution in [0, 0.1) is 0 Å². The highest BCUT2D eigenvalue weighted by atomic mass is 16.5. The Morgan fingerprint density at radius 1 is 1.41 bits per heavy atom. The van der Waals surface area contributed by atoms with Gasteiger partial charge in [0.15, 0.2) is 0 Å². The molecule has 0 aliphatic rings. The van der Waals surface area contributed by atoms with E-state index >= 15 is 0 Å². The Labute approximate surface area is 126 Å². The molecule has 0 aliphatic carbocycles. The van der Waals surface area contributed by atoms with E-state index in [1.54, 1.807) is 23.9 Å². The van der Waals surface area contributed by atoms with E-state index in [2.05, 4.69) is 25.8 Å². The summed E-state index contributed by atoms with van der Waals surface area (Å²) in [5.74, 6) is -0.171. The van der Waals surface area contributed by atoms with Gasteiger partial charge in [-0.2, -0.15) is 5.10 Å². The van der Waals surface area contributed by atoms with Crippen LogP contribution in [0.3, 0.4) is 0 Å². The zero-order valence-corrected chi connectivity index (χ0v) is 12.3. The highest BCUT2D eigenvalue weighted by Gasteiger charge is 2.09. The van der Waals surface area contributed by atoms with Crippen molar-refractivity contribution >= 4 is 16.9 Å². The van der Waals surface area contributed by atoms with Crippen LogP contribution in [-0.2, 0) is 24.9 Å². The van der Waals surface area contributed by atoms with E-state index in [0.29, 0.717) is 24.2 Å². The van der Waals surface area contributed by atoms with E-state index < -0.39 is 0 Å². The van der Waals surface area contributed by atoms with Crippen LogP contribution in [0.4, 0.5) is 0 Å². The summed E-state index contributed by atoms with van der Waals surface area (Å²) in [7, 11) is 3.42. The standard InChI is InChI=1S/C14H16N6O2/c1-20-13-4-3-9(5-12(13)18-19-20)14(21)15-7-10-6-11(8-22-2)17-16-10/h3-6H,7-8H2,1-2H3,(H,15,21)(H,16,17). The van der Waals surface area contributed by atoms with Crippen molar-refractivity contribution in [1.29, 1.82) is 0 Å². The Hall–Kier alpha value is -2.74. The van der Waals surface area contributed by atoms with E-state index in [1.165, 1.54) is 0 Å². The molecule has 114 valence electrons. The molecule has 0 saturated carbocycles. The van der Waals surface area contributed by atoms with E-state index in [1.807, 2.05) is 19.2 Å². The lowest BCUT2D eigenvalue weighted by Crippen LogP contribution is -2.22. The third kappa shape index (κ3) is 2.82. The summed E-state index contributed by atoms with van der Waals surface area (Å²) in [5, 5.41) is 17.7. The van der Waals surface area contributed by atoms with Crippen molar-refractivity contribution in [2.24, 2.45) is 7.05 Å². The molecule has 3 rings (SSSR count). The van der Waals surface area contributed by atoms with Gasteiger partial charge in [-0.25, -0.2) is 4.68 Å². The second-order valence-corrected chi connectivity index (χ2v) is 4.92. The normalized spacial score (nSPS) is 11.0. The molecule has 2 N–H and O–H groups in total. The van der Waals surface area contributed by atoms with Crippen LogP contribution in [0.25, 0.3) is 11.0 Å². The number of carbonyl (C=O) groups is 1. The van der Waals surface area contributed by atoms with Gasteiger partial charge in [-0.1, -0.05) is 5.21 Å². The Kier molecular flexibility index (Phi) is 3.84. The number of aromatic amines is 1. The van der Waals surface area contributed by atoms with Gasteiger partial charge >= 0.3 is 0 Å². The minimum Gasteiger partial charge on any atom is -0.378 e. The molecule has 0 spiro atoms. The summed E-state index contributed by atoms with van der Waals surface area (Å²) in [6.45, 7) is 0.807. The number of fused-ring (bicyclic) bond motifs is 1. The first-order chi connectivity index (χ1) is 10.7. The maximum absolute atomic E-state index is 12.2. The number of methoxy groups -OCH3 is 1. The van der Waals surface area contributed by atoms with Crippen molar-refractivity contribution in [3.8, 4) is 0 Å². The predicted molar refractivity (Wildman–Crippen MR) is 79.0 cm³/mol. The molecule has 1 amide bonds. The van der Waals surface area contributed by atoms with E-state index in [9.17, 15) is 4.79 Å². The summed E-state index contributed by atoms with van der Waals surface area (Å²) in [4.78, 5) is 12.2. The van der Waals surface area contributed by atoms with Gasteiger partial charge in [0.2, 0.25) is 0 Å². The van der Waals surface area contributed by atoms with Gasteiger partial charge in [0.05, 0.1) is 30.1 Å². The minimum absolute atomic E-state index is 0.171. The molecular formula is C14H16N6O2. The largest absolute Gasteiger partial charge is 0.378 e. The number of aromatic nitrogens is 5. The molecule has 0 radical (unpaired) electrons. The smallest absolute Gasteiger partial charge is 0.251 e. The highest BCUT2D eigenvalue weighted by Crippen LogP contribution is 2.12. The predicted octanol–water partition coefficient (Wildman–Crippen LogP) is 0.768. The molecule has 22 heavy (non-hydrogen) atoms. The van der Waals surface area contributed by atoms with Gasteiger partial charge in [0.1, 0.15) is 5.52 Å². The van der Waals surface area contributed by atoms with Gasteiger partial charge in [0.25, 0.3) is 5.91 Å². The maximum atomic E-state index is 12.2. The van der Waals surface area contributed by atoms with Crippen LogP contribution in [0.5, 0.6) is 0 Å². The summed E-state index contributed by atoms with van der Waals surface area (Å²) in [5.41, 5.74) is 3.74. The Morgan fingerprint density at radius 3 is 3.09 bits per heavy atom. The third-order valence-corrected chi connectivity index (χ3v) is 3.29. The van der Waals surface area contributed by atoms with Crippen molar-refractivity contribution in [2.45, 2.75) is 13.2 Å². The van der Waals surface area contributed by atoms with Crippen molar-refractivity contribution in [2.75, 3.05) is 7.11 Å². The summed E-state index contributed by atoms with van der Waals surface area (Å²) in [6, 6.07) is 7.16. The van der Waals surface area contributed by atoms with Gasteiger partial charge in [-0.05, 0) is 24.3 Å². The molecule has 0 bridgehead atoms. The fraction of sp³-hybridized carbons (Fsp3) is 0.286. The molecule has 0 aliphatic heterocycles. The third-order valence-electron chi connectivity index (χ3n) is 3.29. The SMILES string of the molecule is COCc1cc(CNC(=O)c2ccc3c(c2)nnn3C)[nH]n1. The quantitative estimate of drug-likeness (QED) is 0.725. The van der Waals surface area contributed by atoms with Gasteiger partial charge in [-0.15, -0.1) is 5.10 Å². The lowest BCUT2D eigenvalue weighted by Gasteiger charge is -2.03. The van der Waals surface area contributed by atoms with Crippen molar-refractivity contribution in [3.63, 3.8) is 0 Å². The summed E-state index contributed by atoms with van der Waals surface area (Å²) >= 11 is 0. The van der Waals surface area contributed by atoms with Gasteiger partial charge in [0, 0.05) is 19.7 Å². The number of aryl methyl sites for hydroxylation is 1. The fourth-order valence-electron chi connectivity index (χ4n) is 2.18.